The van der Waals surface area contributed by atoms with E-state index < -0.39 is 5.76 Å². The van der Waals surface area contributed by atoms with Crippen LogP contribution in [-0.2, 0) is 17.9 Å². The monoisotopic (exact) mass is 404 g/mol. The topological polar surface area (TPSA) is 82.5 Å². The fraction of sp³-hybridized carbons (Fsp3) is 0.348. The van der Waals surface area contributed by atoms with Crippen LogP contribution in [0.1, 0.15) is 24.0 Å². The van der Waals surface area contributed by atoms with E-state index in [2.05, 4.69) is 11.0 Å². The van der Waals surface area contributed by atoms with Crippen LogP contribution in [0.5, 0.6) is 0 Å². The number of aryl methyl sites for hydroxylation is 1. The molecule has 0 N–H and O–H groups in total. The molecule has 4 rings (SSSR count). The highest BCUT2D eigenvalue weighted by atomic mass is 16.4. The Morgan fingerprint density at radius 1 is 1.03 bits per heavy atom. The number of para-hydroxylation sites is 2. The molecule has 1 fully saturated rings. The van der Waals surface area contributed by atoms with Crippen LogP contribution in [0, 0.1) is 11.3 Å². The molecule has 2 heterocycles. The minimum Gasteiger partial charge on any atom is -0.408 e. The van der Waals surface area contributed by atoms with Crippen LogP contribution >= 0.6 is 0 Å². The van der Waals surface area contributed by atoms with Crippen molar-refractivity contribution in [3.63, 3.8) is 0 Å². The first-order valence-corrected chi connectivity index (χ1v) is 10.2. The maximum absolute atomic E-state index is 12.8. The first-order chi connectivity index (χ1) is 14.6. The van der Waals surface area contributed by atoms with Gasteiger partial charge in [0.25, 0.3) is 0 Å². The maximum Gasteiger partial charge on any atom is 0.419 e. The van der Waals surface area contributed by atoms with E-state index in [0.29, 0.717) is 24.2 Å². The zero-order valence-electron chi connectivity index (χ0n) is 16.8. The predicted molar refractivity (Wildman–Crippen MR) is 113 cm³/mol. The molecule has 0 bridgehead atoms. The third-order valence-corrected chi connectivity index (χ3v) is 5.55. The highest BCUT2D eigenvalue weighted by molar-refractivity contribution is 5.77. The number of aromatic nitrogens is 1. The Hall–Kier alpha value is -3.37. The minimum absolute atomic E-state index is 0.0624. The van der Waals surface area contributed by atoms with Gasteiger partial charge in [0, 0.05) is 45.7 Å². The average Bonchev–Trinajstić information content (AvgIpc) is 2.92. The zero-order valence-corrected chi connectivity index (χ0v) is 16.8. The van der Waals surface area contributed by atoms with Gasteiger partial charge in [0.2, 0.25) is 5.91 Å². The van der Waals surface area contributed by atoms with Crippen LogP contribution in [0.15, 0.2) is 57.7 Å². The number of fused-ring (bicyclic) bond motifs is 1. The second kappa shape index (κ2) is 8.97. The number of benzene rings is 2. The smallest absolute Gasteiger partial charge is 0.408 e. The van der Waals surface area contributed by atoms with Crippen molar-refractivity contribution in [3.05, 3.63) is 70.2 Å². The number of amides is 1. The molecule has 30 heavy (non-hydrogen) atoms. The van der Waals surface area contributed by atoms with Gasteiger partial charge in [-0.05, 0) is 36.2 Å². The summed E-state index contributed by atoms with van der Waals surface area (Å²) in [6, 6.07) is 17.0. The number of carbonyl (C=O) groups is 1. The molecule has 1 saturated heterocycles. The number of oxazole rings is 1. The molecule has 7 heteroatoms. The second-order valence-electron chi connectivity index (χ2n) is 7.56. The molecule has 0 aliphatic carbocycles. The number of hydrogen-bond acceptors (Lipinski definition) is 5. The molecule has 1 aromatic heterocycles. The van der Waals surface area contributed by atoms with Crippen molar-refractivity contribution in [3.8, 4) is 6.07 Å². The lowest BCUT2D eigenvalue weighted by Crippen LogP contribution is -2.35. The summed E-state index contributed by atoms with van der Waals surface area (Å²) >= 11 is 0. The largest absolute Gasteiger partial charge is 0.419 e. The molecule has 3 aromatic rings. The van der Waals surface area contributed by atoms with E-state index in [9.17, 15) is 9.59 Å². The van der Waals surface area contributed by atoms with Gasteiger partial charge in [-0.2, -0.15) is 5.26 Å². The van der Waals surface area contributed by atoms with Gasteiger partial charge < -0.3 is 9.32 Å². The maximum atomic E-state index is 12.8. The van der Waals surface area contributed by atoms with Crippen LogP contribution in [0.25, 0.3) is 11.1 Å². The van der Waals surface area contributed by atoms with E-state index in [4.69, 9.17) is 9.68 Å². The summed E-state index contributed by atoms with van der Waals surface area (Å²) in [5, 5.41) is 8.92. The molecule has 1 aliphatic rings. The molecule has 2 aromatic carbocycles. The zero-order chi connectivity index (χ0) is 20.9. The third kappa shape index (κ3) is 4.44. The van der Waals surface area contributed by atoms with Crippen LogP contribution in [0.4, 0.5) is 0 Å². The van der Waals surface area contributed by atoms with Gasteiger partial charge >= 0.3 is 5.76 Å². The molecule has 0 spiro atoms. The van der Waals surface area contributed by atoms with E-state index in [1.165, 1.54) is 10.1 Å². The fourth-order valence-electron chi connectivity index (χ4n) is 3.91. The summed E-state index contributed by atoms with van der Waals surface area (Å²) in [6.45, 7) is 4.26. The van der Waals surface area contributed by atoms with Crippen molar-refractivity contribution in [2.45, 2.75) is 25.9 Å². The van der Waals surface area contributed by atoms with Crippen LogP contribution in [0.3, 0.4) is 0 Å². The van der Waals surface area contributed by atoms with Crippen molar-refractivity contribution < 1.29 is 9.21 Å². The van der Waals surface area contributed by atoms with Gasteiger partial charge in [0.05, 0.1) is 17.1 Å². The van der Waals surface area contributed by atoms with Crippen molar-refractivity contribution in [1.29, 1.82) is 5.26 Å². The van der Waals surface area contributed by atoms with E-state index >= 15 is 0 Å². The first kappa shape index (κ1) is 19.9. The number of hydrogen-bond donors (Lipinski definition) is 0. The molecule has 1 amide bonds. The molecule has 0 saturated carbocycles. The van der Waals surface area contributed by atoms with Crippen LogP contribution in [0.2, 0.25) is 0 Å². The standard InChI is InChI=1S/C23H24N4O3/c24-16-18-6-8-19(9-7-18)17-25-11-3-12-26(15-14-25)22(28)10-13-27-20-4-1-2-5-21(20)30-23(27)29/h1-2,4-9H,3,10-15,17H2. The summed E-state index contributed by atoms with van der Waals surface area (Å²) in [5.74, 6) is -0.360. The average molecular weight is 404 g/mol. The Morgan fingerprint density at radius 3 is 2.63 bits per heavy atom. The first-order valence-electron chi connectivity index (χ1n) is 10.2. The number of rotatable bonds is 5. The molecular weight excluding hydrogens is 380 g/mol. The van der Waals surface area contributed by atoms with Gasteiger partial charge in [-0.25, -0.2) is 4.79 Å². The SMILES string of the molecule is N#Cc1ccc(CN2CCCN(C(=O)CCn3c(=O)oc4ccccc43)CC2)cc1. The highest BCUT2D eigenvalue weighted by Crippen LogP contribution is 2.14. The Balaban J connectivity index is 1.32. The number of nitrogens with zero attached hydrogens (tertiary/aromatic N) is 4. The fourth-order valence-corrected chi connectivity index (χ4v) is 3.91. The normalized spacial score (nSPS) is 15.1. The van der Waals surface area contributed by atoms with Crippen molar-refractivity contribution in [1.82, 2.24) is 14.4 Å². The van der Waals surface area contributed by atoms with E-state index in [0.717, 1.165) is 38.1 Å². The van der Waals surface area contributed by atoms with E-state index in [-0.39, 0.29) is 12.3 Å². The van der Waals surface area contributed by atoms with Crippen molar-refractivity contribution in [2.75, 3.05) is 26.2 Å². The molecule has 0 unspecified atom stereocenters. The van der Waals surface area contributed by atoms with Crippen LogP contribution in [-0.4, -0.2) is 46.5 Å². The lowest BCUT2D eigenvalue weighted by Gasteiger charge is -2.22. The second-order valence-corrected chi connectivity index (χ2v) is 7.56. The van der Waals surface area contributed by atoms with E-state index in [1.807, 2.05) is 47.4 Å². The molecule has 154 valence electrons. The highest BCUT2D eigenvalue weighted by Gasteiger charge is 2.20. The Bertz CT molecular complexity index is 1120. The summed E-state index contributed by atoms with van der Waals surface area (Å²) in [5.41, 5.74) is 3.10. The Labute approximate surface area is 174 Å². The predicted octanol–water partition coefficient (Wildman–Crippen LogP) is 2.59. The minimum atomic E-state index is -0.423. The van der Waals surface area contributed by atoms with Gasteiger partial charge in [0.1, 0.15) is 0 Å². The van der Waals surface area contributed by atoms with Gasteiger partial charge in [-0.3, -0.25) is 14.3 Å². The molecular formula is C23H24N4O3. The van der Waals surface area contributed by atoms with Crippen LogP contribution < -0.4 is 5.76 Å². The molecule has 7 nitrogen and oxygen atoms in total. The lowest BCUT2D eigenvalue weighted by atomic mass is 10.1. The summed E-state index contributed by atoms with van der Waals surface area (Å²) < 4.78 is 6.77. The van der Waals surface area contributed by atoms with Crippen molar-refractivity contribution >= 4 is 17.0 Å². The van der Waals surface area contributed by atoms with Crippen molar-refractivity contribution in [2.24, 2.45) is 0 Å². The van der Waals surface area contributed by atoms with Gasteiger partial charge in [-0.15, -0.1) is 0 Å². The van der Waals surface area contributed by atoms with Gasteiger partial charge in [0.15, 0.2) is 5.58 Å². The quantitative estimate of drug-likeness (QED) is 0.653. The Morgan fingerprint density at radius 2 is 1.83 bits per heavy atom. The summed E-state index contributed by atoms with van der Waals surface area (Å²) in [4.78, 5) is 29.1. The van der Waals surface area contributed by atoms with E-state index in [1.54, 1.807) is 6.07 Å². The molecule has 1 aliphatic heterocycles. The molecule has 0 radical (unpaired) electrons. The van der Waals surface area contributed by atoms with Gasteiger partial charge in [-0.1, -0.05) is 24.3 Å². The molecule has 0 atom stereocenters. The third-order valence-electron chi connectivity index (χ3n) is 5.55. The summed E-state index contributed by atoms with van der Waals surface area (Å²) in [6.07, 6.45) is 1.19. The number of nitriles is 1. The Kier molecular flexibility index (Phi) is 5.96. The lowest BCUT2D eigenvalue weighted by molar-refractivity contribution is -0.131. The number of carbonyl (C=O) groups excluding carboxylic acids is 1. The summed E-state index contributed by atoms with van der Waals surface area (Å²) in [7, 11) is 0.